The summed E-state index contributed by atoms with van der Waals surface area (Å²) < 4.78 is 0. The first-order valence-corrected chi connectivity index (χ1v) is 6.01. The monoisotopic (exact) mass is 253 g/mol. The molecular formula is C15H15N3O. The lowest BCUT2D eigenvalue weighted by Gasteiger charge is -2.21. The Bertz CT molecular complexity index is 513. The number of para-hydroxylation sites is 2. The smallest absolute Gasteiger partial charge is 0.262 e. The van der Waals surface area contributed by atoms with Crippen LogP contribution in [0.3, 0.4) is 0 Å². The Morgan fingerprint density at radius 2 is 1.47 bits per heavy atom. The van der Waals surface area contributed by atoms with Gasteiger partial charge in [-0.2, -0.15) is 5.10 Å². The molecule has 0 radical (unpaired) electrons. The van der Waals surface area contributed by atoms with Gasteiger partial charge >= 0.3 is 6.03 Å². The molecule has 96 valence electrons. The molecule has 0 aliphatic carbocycles. The second-order valence-corrected chi connectivity index (χ2v) is 3.81. The SMILES string of the molecule is CC=NNC(=O)N(c1ccccc1)c1ccccc1. The number of anilines is 2. The Morgan fingerprint density at radius 3 is 1.89 bits per heavy atom. The highest BCUT2D eigenvalue weighted by Gasteiger charge is 2.16. The van der Waals surface area contributed by atoms with Gasteiger partial charge in [0.05, 0.1) is 11.4 Å². The largest absolute Gasteiger partial charge is 0.346 e. The first kappa shape index (κ1) is 12.8. The van der Waals surface area contributed by atoms with Gasteiger partial charge in [-0.3, -0.25) is 4.90 Å². The van der Waals surface area contributed by atoms with Crippen LogP contribution in [-0.4, -0.2) is 12.2 Å². The highest BCUT2D eigenvalue weighted by atomic mass is 16.2. The molecule has 2 rings (SSSR count). The van der Waals surface area contributed by atoms with Crippen LogP contribution >= 0.6 is 0 Å². The van der Waals surface area contributed by atoms with Crippen LogP contribution in [0.4, 0.5) is 16.2 Å². The Kier molecular flexibility index (Phi) is 4.29. The first-order chi connectivity index (χ1) is 9.33. The molecule has 1 N–H and O–H groups in total. The molecule has 0 aliphatic heterocycles. The van der Waals surface area contributed by atoms with Gasteiger partial charge < -0.3 is 0 Å². The van der Waals surface area contributed by atoms with E-state index in [2.05, 4.69) is 10.5 Å². The fourth-order valence-corrected chi connectivity index (χ4v) is 1.71. The summed E-state index contributed by atoms with van der Waals surface area (Å²) in [5, 5.41) is 3.78. The summed E-state index contributed by atoms with van der Waals surface area (Å²) in [6, 6.07) is 18.6. The van der Waals surface area contributed by atoms with Gasteiger partial charge in [-0.05, 0) is 31.2 Å². The zero-order chi connectivity index (χ0) is 13.5. The van der Waals surface area contributed by atoms with E-state index in [4.69, 9.17) is 0 Å². The van der Waals surface area contributed by atoms with E-state index in [0.29, 0.717) is 0 Å². The minimum absolute atomic E-state index is 0.296. The number of hydrogen-bond donors (Lipinski definition) is 1. The summed E-state index contributed by atoms with van der Waals surface area (Å²) in [5.74, 6) is 0. The predicted octanol–water partition coefficient (Wildman–Crippen LogP) is 3.54. The molecule has 0 aromatic heterocycles. The van der Waals surface area contributed by atoms with Crippen molar-refractivity contribution in [2.45, 2.75) is 6.92 Å². The maximum Gasteiger partial charge on any atom is 0.346 e. The van der Waals surface area contributed by atoms with Crippen LogP contribution in [0.1, 0.15) is 6.92 Å². The van der Waals surface area contributed by atoms with E-state index in [0.717, 1.165) is 11.4 Å². The van der Waals surface area contributed by atoms with Crippen LogP contribution in [0.15, 0.2) is 65.8 Å². The summed E-state index contributed by atoms with van der Waals surface area (Å²) in [7, 11) is 0. The van der Waals surface area contributed by atoms with E-state index in [1.54, 1.807) is 11.8 Å². The van der Waals surface area contributed by atoms with Gasteiger partial charge in [0, 0.05) is 6.21 Å². The minimum atomic E-state index is -0.296. The van der Waals surface area contributed by atoms with Gasteiger partial charge in [0.15, 0.2) is 0 Å². The molecule has 19 heavy (non-hydrogen) atoms. The molecule has 0 unspecified atom stereocenters. The number of urea groups is 1. The van der Waals surface area contributed by atoms with Crippen LogP contribution in [-0.2, 0) is 0 Å². The second kappa shape index (κ2) is 6.35. The molecular weight excluding hydrogens is 238 g/mol. The molecule has 0 bridgehead atoms. The predicted molar refractivity (Wildman–Crippen MR) is 77.7 cm³/mol. The minimum Gasteiger partial charge on any atom is -0.262 e. The van der Waals surface area contributed by atoms with E-state index in [1.807, 2.05) is 60.7 Å². The topological polar surface area (TPSA) is 44.7 Å². The third-order valence-electron chi connectivity index (χ3n) is 2.52. The van der Waals surface area contributed by atoms with Crippen LogP contribution in [0.2, 0.25) is 0 Å². The number of nitrogens with one attached hydrogen (secondary N) is 1. The molecule has 0 aliphatic rings. The lowest BCUT2D eigenvalue weighted by Crippen LogP contribution is -2.33. The van der Waals surface area contributed by atoms with Crippen LogP contribution in [0, 0.1) is 0 Å². The van der Waals surface area contributed by atoms with Gasteiger partial charge in [0.2, 0.25) is 0 Å². The quantitative estimate of drug-likeness (QED) is 0.660. The summed E-state index contributed by atoms with van der Waals surface area (Å²) in [5.41, 5.74) is 4.06. The maximum atomic E-state index is 12.2. The number of carbonyl (C=O) groups excluding carboxylic acids is 1. The van der Waals surface area contributed by atoms with Gasteiger partial charge in [0.1, 0.15) is 0 Å². The number of amides is 2. The molecule has 2 amide bonds. The molecule has 0 saturated carbocycles. The van der Waals surface area contributed by atoms with Crippen LogP contribution < -0.4 is 10.3 Å². The molecule has 4 nitrogen and oxygen atoms in total. The van der Waals surface area contributed by atoms with Crippen molar-refractivity contribution in [2.24, 2.45) is 5.10 Å². The van der Waals surface area contributed by atoms with Gasteiger partial charge in [0.25, 0.3) is 0 Å². The van der Waals surface area contributed by atoms with E-state index < -0.39 is 0 Å². The standard InChI is InChI=1S/C15H15N3O/c1-2-16-17-15(19)18(13-9-5-3-6-10-13)14-11-7-4-8-12-14/h2-12H,1H3,(H,17,19). The molecule has 0 saturated heterocycles. The van der Waals surface area contributed by atoms with Crippen LogP contribution in [0.5, 0.6) is 0 Å². The summed E-state index contributed by atoms with van der Waals surface area (Å²) in [6.07, 6.45) is 1.53. The third-order valence-corrected chi connectivity index (χ3v) is 2.52. The van der Waals surface area contributed by atoms with Gasteiger partial charge in [-0.1, -0.05) is 36.4 Å². The zero-order valence-electron chi connectivity index (χ0n) is 10.7. The van der Waals surface area contributed by atoms with Crippen molar-refractivity contribution in [1.29, 1.82) is 0 Å². The number of carbonyl (C=O) groups is 1. The number of nitrogens with zero attached hydrogens (tertiary/aromatic N) is 2. The molecule has 4 heteroatoms. The van der Waals surface area contributed by atoms with E-state index in [-0.39, 0.29) is 6.03 Å². The molecule has 0 spiro atoms. The average molecular weight is 253 g/mol. The van der Waals surface area contributed by atoms with E-state index in [1.165, 1.54) is 6.21 Å². The van der Waals surface area contributed by atoms with Crippen LogP contribution in [0.25, 0.3) is 0 Å². The second-order valence-electron chi connectivity index (χ2n) is 3.81. The third kappa shape index (κ3) is 3.19. The van der Waals surface area contributed by atoms with Crippen molar-refractivity contribution in [3.05, 3.63) is 60.7 Å². The van der Waals surface area contributed by atoms with Crippen molar-refractivity contribution >= 4 is 23.6 Å². The average Bonchev–Trinajstić information content (AvgIpc) is 2.47. The summed E-state index contributed by atoms with van der Waals surface area (Å²) >= 11 is 0. The maximum absolute atomic E-state index is 12.2. The Morgan fingerprint density at radius 1 is 1.00 bits per heavy atom. The highest BCUT2D eigenvalue weighted by Crippen LogP contribution is 2.24. The zero-order valence-corrected chi connectivity index (χ0v) is 10.7. The van der Waals surface area contributed by atoms with Crippen molar-refractivity contribution in [3.63, 3.8) is 0 Å². The van der Waals surface area contributed by atoms with Crippen molar-refractivity contribution in [3.8, 4) is 0 Å². The number of benzene rings is 2. The fourth-order valence-electron chi connectivity index (χ4n) is 1.71. The molecule has 0 fully saturated rings. The van der Waals surface area contributed by atoms with E-state index >= 15 is 0 Å². The van der Waals surface area contributed by atoms with Gasteiger partial charge in [-0.15, -0.1) is 0 Å². The molecule has 2 aromatic carbocycles. The normalized spacial score (nSPS) is 10.4. The van der Waals surface area contributed by atoms with Crippen molar-refractivity contribution < 1.29 is 4.79 Å². The fraction of sp³-hybridized carbons (Fsp3) is 0.0667. The Labute approximate surface area is 112 Å². The lowest BCUT2D eigenvalue weighted by atomic mass is 10.2. The first-order valence-electron chi connectivity index (χ1n) is 6.01. The molecule has 0 heterocycles. The summed E-state index contributed by atoms with van der Waals surface area (Å²) in [6.45, 7) is 1.75. The van der Waals surface area contributed by atoms with E-state index in [9.17, 15) is 4.79 Å². The van der Waals surface area contributed by atoms with Crippen molar-refractivity contribution in [2.75, 3.05) is 4.90 Å². The number of rotatable bonds is 3. The molecule has 0 atom stereocenters. The summed E-state index contributed by atoms with van der Waals surface area (Å²) in [4.78, 5) is 13.8. The Hall–Kier alpha value is -2.62. The highest BCUT2D eigenvalue weighted by molar-refractivity contribution is 5.99. The lowest BCUT2D eigenvalue weighted by molar-refractivity contribution is 0.249. The Balaban J connectivity index is 2.37. The molecule has 2 aromatic rings. The number of hydrazone groups is 1. The van der Waals surface area contributed by atoms with Gasteiger partial charge in [-0.25, -0.2) is 10.2 Å². The number of hydrogen-bond acceptors (Lipinski definition) is 2. The van der Waals surface area contributed by atoms with Crippen molar-refractivity contribution in [1.82, 2.24) is 5.43 Å².